The molecule has 0 radical (unpaired) electrons. The molecule has 2 aliphatic rings. The van der Waals surface area contributed by atoms with E-state index in [9.17, 15) is 0 Å². The van der Waals surface area contributed by atoms with Crippen molar-refractivity contribution in [1.82, 2.24) is 14.9 Å². The minimum atomic E-state index is 0.595. The number of aromatic amines is 1. The Hall–Kier alpha value is -1.78. The first-order valence-corrected chi connectivity index (χ1v) is 9.44. The van der Waals surface area contributed by atoms with Gasteiger partial charge in [-0.15, -0.1) is 0 Å². The van der Waals surface area contributed by atoms with Crippen LogP contribution in [0.3, 0.4) is 0 Å². The summed E-state index contributed by atoms with van der Waals surface area (Å²) in [6.07, 6.45) is 14.3. The smallest absolute Gasteiger partial charge is 0.147 e. The van der Waals surface area contributed by atoms with E-state index >= 15 is 0 Å². The molecule has 5 nitrogen and oxygen atoms in total. The van der Waals surface area contributed by atoms with Crippen molar-refractivity contribution in [3.63, 3.8) is 0 Å². The Kier molecular flexibility index (Phi) is 5.27. The van der Waals surface area contributed by atoms with Crippen LogP contribution in [0.15, 0.2) is 6.08 Å². The van der Waals surface area contributed by atoms with E-state index in [1.807, 2.05) is 19.2 Å². The van der Waals surface area contributed by atoms with Crippen LogP contribution in [-0.4, -0.2) is 40.8 Å². The number of likely N-dealkylation sites (tertiary alicyclic amines) is 1. The first-order chi connectivity index (χ1) is 11.7. The van der Waals surface area contributed by atoms with Crippen molar-refractivity contribution < 1.29 is 0 Å². The number of rotatable bonds is 4. The molecule has 3 N–H and O–H groups in total. The Labute approximate surface area is 145 Å². The van der Waals surface area contributed by atoms with Gasteiger partial charge < -0.3 is 15.2 Å². The van der Waals surface area contributed by atoms with Crippen molar-refractivity contribution >= 4 is 17.7 Å². The third-order valence-corrected chi connectivity index (χ3v) is 5.87. The van der Waals surface area contributed by atoms with Crippen LogP contribution in [0.1, 0.15) is 63.4 Å². The van der Waals surface area contributed by atoms with Gasteiger partial charge in [0.25, 0.3) is 0 Å². The highest BCUT2D eigenvalue weighted by Gasteiger charge is 2.35. The number of aromatic nitrogens is 2. The molecule has 1 aliphatic heterocycles. The molecular weight excluding hydrogens is 298 g/mol. The second kappa shape index (κ2) is 7.41. The number of imidazole rings is 1. The average molecular weight is 329 g/mol. The molecular formula is C19H31N5. The maximum absolute atomic E-state index is 8.37. The SMILES string of the molecule is CCc1[nH]c(/C=C\C(=N)N2CCC3(CCCCC3)CC2)nc1NC. The molecule has 1 saturated heterocycles. The number of nitrogens with one attached hydrogen (secondary N) is 3. The highest BCUT2D eigenvalue weighted by Crippen LogP contribution is 2.44. The highest BCUT2D eigenvalue weighted by molar-refractivity contribution is 5.93. The molecule has 1 aromatic heterocycles. The fourth-order valence-electron chi connectivity index (χ4n) is 4.26. The van der Waals surface area contributed by atoms with Gasteiger partial charge in [0.15, 0.2) is 0 Å². The summed E-state index contributed by atoms with van der Waals surface area (Å²) < 4.78 is 0. The van der Waals surface area contributed by atoms with Gasteiger partial charge in [0, 0.05) is 20.1 Å². The van der Waals surface area contributed by atoms with Gasteiger partial charge in [-0.25, -0.2) is 4.98 Å². The lowest BCUT2D eigenvalue weighted by atomic mass is 9.68. The topological polar surface area (TPSA) is 67.8 Å². The van der Waals surface area contributed by atoms with Crippen molar-refractivity contribution in [3.05, 3.63) is 17.6 Å². The number of amidine groups is 1. The van der Waals surface area contributed by atoms with Gasteiger partial charge in [-0.1, -0.05) is 26.2 Å². The first kappa shape index (κ1) is 17.1. The molecule has 24 heavy (non-hydrogen) atoms. The van der Waals surface area contributed by atoms with Gasteiger partial charge in [-0.05, 0) is 49.7 Å². The molecule has 1 aliphatic carbocycles. The maximum atomic E-state index is 8.37. The largest absolute Gasteiger partial charge is 0.372 e. The monoisotopic (exact) mass is 329 g/mol. The van der Waals surface area contributed by atoms with E-state index in [4.69, 9.17) is 5.41 Å². The quantitative estimate of drug-likeness (QED) is 0.576. The van der Waals surface area contributed by atoms with Crippen molar-refractivity contribution in [1.29, 1.82) is 5.41 Å². The summed E-state index contributed by atoms with van der Waals surface area (Å²) in [6.45, 7) is 4.17. The second-order valence-corrected chi connectivity index (χ2v) is 7.32. The van der Waals surface area contributed by atoms with Gasteiger partial charge in [0.2, 0.25) is 0 Å². The van der Waals surface area contributed by atoms with Crippen LogP contribution in [0.5, 0.6) is 0 Å². The van der Waals surface area contributed by atoms with Crippen LogP contribution in [-0.2, 0) is 6.42 Å². The number of nitrogens with zero attached hydrogens (tertiary/aromatic N) is 2. The molecule has 0 aromatic carbocycles. The summed E-state index contributed by atoms with van der Waals surface area (Å²) >= 11 is 0. The number of anilines is 1. The molecule has 132 valence electrons. The number of hydrogen-bond donors (Lipinski definition) is 3. The Morgan fingerprint density at radius 3 is 2.54 bits per heavy atom. The summed E-state index contributed by atoms with van der Waals surface area (Å²) in [7, 11) is 1.89. The predicted molar refractivity (Wildman–Crippen MR) is 101 cm³/mol. The summed E-state index contributed by atoms with van der Waals surface area (Å²) in [5, 5.41) is 11.5. The van der Waals surface area contributed by atoms with E-state index in [1.165, 1.54) is 44.9 Å². The Morgan fingerprint density at radius 1 is 1.25 bits per heavy atom. The Bertz CT molecular complexity index is 563. The normalized spacial score (nSPS) is 20.7. The van der Waals surface area contributed by atoms with Crippen molar-refractivity contribution in [3.8, 4) is 0 Å². The number of hydrogen-bond acceptors (Lipinski definition) is 3. The minimum Gasteiger partial charge on any atom is -0.372 e. The fraction of sp³-hybridized carbons (Fsp3) is 0.684. The maximum Gasteiger partial charge on any atom is 0.147 e. The molecule has 2 fully saturated rings. The summed E-state index contributed by atoms with van der Waals surface area (Å²) in [5.41, 5.74) is 1.71. The van der Waals surface area contributed by atoms with E-state index in [2.05, 4.69) is 27.1 Å². The lowest BCUT2D eigenvalue weighted by Gasteiger charge is -2.44. The van der Waals surface area contributed by atoms with E-state index in [-0.39, 0.29) is 0 Å². The molecule has 1 saturated carbocycles. The molecule has 1 spiro atoms. The summed E-state index contributed by atoms with van der Waals surface area (Å²) in [6, 6.07) is 0. The number of piperidine rings is 1. The van der Waals surface area contributed by atoms with Crippen molar-refractivity contribution in [2.45, 2.75) is 58.3 Å². The highest BCUT2D eigenvalue weighted by atomic mass is 15.2. The molecule has 0 unspecified atom stereocenters. The fourth-order valence-corrected chi connectivity index (χ4v) is 4.26. The molecule has 1 aromatic rings. The van der Waals surface area contributed by atoms with E-state index < -0.39 is 0 Å². The number of H-pyrrole nitrogens is 1. The predicted octanol–water partition coefficient (Wildman–Crippen LogP) is 4.05. The molecule has 0 bridgehead atoms. The van der Waals surface area contributed by atoms with Crippen LogP contribution >= 0.6 is 0 Å². The van der Waals surface area contributed by atoms with E-state index in [0.29, 0.717) is 11.3 Å². The number of aryl methyl sites for hydroxylation is 1. The third kappa shape index (κ3) is 3.65. The van der Waals surface area contributed by atoms with Gasteiger partial charge >= 0.3 is 0 Å². The van der Waals surface area contributed by atoms with Crippen molar-refractivity contribution in [2.24, 2.45) is 5.41 Å². The molecule has 3 rings (SSSR count). The van der Waals surface area contributed by atoms with E-state index in [1.54, 1.807) is 0 Å². The van der Waals surface area contributed by atoms with Crippen LogP contribution in [0, 0.1) is 10.8 Å². The second-order valence-electron chi connectivity index (χ2n) is 7.32. The molecule has 2 heterocycles. The Balaban J connectivity index is 1.56. The first-order valence-electron chi connectivity index (χ1n) is 9.44. The molecule has 0 atom stereocenters. The standard InChI is InChI=1S/C19H31N5/c1-3-15-18(21-2)23-17(22-15)8-7-16(20)24-13-11-19(12-14-24)9-5-4-6-10-19/h7-8,20-21H,3-6,9-14H2,1-2H3,(H,22,23)/b8-7-,20-16?. The van der Waals surface area contributed by atoms with Gasteiger partial charge in [-0.2, -0.15) is 0 Å². The van der Waals surface area contributed by atoms with Crippen LogP contribution in [0.2, 0.25) is 0 Å². The summed E-state index contributed by atoms with van der Waals surface area (Å²) in [5.74, 6) is 2.34. The van der Waals surface area contributed by atoms with Gasteiger partial charge in [0.05, 0.1) is 5.69 Å². The lowest BCUT2D eigenvalue weighted by molar-refractivity contribution is 0.0979. The molecule has 0 amide bonds. The zero-order valence-corrected chi connectivity index (χ0v) is 15.1. The molecule has 5 heteroatoms. The average Bonchev–Trinajstić information content (AvgIpc) is 3.03. The minimum absolute atomic E-state index is 0.595. The van der Waals surface area contributed by atoms with Gasteiger partial charge in [-0.3, -0.25) is 5.41 Å². The zero-order valence-electron chi connectivity index (χ0n) is 15.1. The lowest BCUT2D eigenvalue weighted by Crippen LogP contribution is -2.43. The van der Waals surface area contributed by atoms with Crippen molar-refractivity contribution in [2.75, 3.05) is 25.5 Å². The van der Waals surface area contributed by atoms with Crippen LogP contribution in [0.4, 0.5) is 5.82 Å². The zero-order chi connectivity index (χ0) is 17.0. The van der Waals surface area contributed by atoms with Crippen LogP contribution < -0.4 is 5.32 Å². The van der Waals surface area contributed by atoms with Gasteiger partial charge in [0.1, 0.15) is 17.5 Å². The van der Waals surface area contributed by atoms with E-state index in [0.717, 1.165) is 36.8 Å². The summed E-state index contributed by atoms with van der Waals surface area (Å²) in [4.78, 5) is 10.0. The van der Waals surface area contributed by atoms with Crippen LogP contribution in [0.25, 0.3) is 6.08 Å². The Morgan fingerprint density at radius 2 is 1.96 bits per heavy atom. The third-order valence-electron chi connectivity index (χ3n) is 5.87.